The van der Waals surface area contributed by atoms with Gasteiger partial charge in [-0.15, -0.1) is 0 Å². The van der Waals surface area contributed by atoms with Crippen LogP contribution in [0.5, 0.6) is 5.75 Å². The predicted octanol–water partition coefficient (Wildman–Crippen LogP) is 5.40. The molecule has 4 rings (SSSR count). The second-order valence-corrected chi connectivity index (χ2v) is 11.2. The number of amides is 3. The van der Waals surface area contributed by atoms with E-state index in [9.17, 15) is 19.5 Å². The van der Waals surface area contributed by atoms with Crippen molar-refractivity contribution >= 4 is 23.4 Å². The third kappa shape index (κ3) is 8.76. The first-order valence-electron chi connectivity index (χ1n) is 14.6. The van der Waals surface area contributed by atoms with Gasteiger partial charge in [-0.3, -0.25) is 19.3 Å². The zero-order chi connectivity index (χ0) is 29.2. The first kappa shape index (κ1) is 30.0. The quantitative estimate of drug-likeness (QED) is 0.310. The molecule has 0 aliphatic carbocycles. The maximum atomic E-state index is 13.2. The van der Waals surface area contributed by atoms with Crippen LogP contribution in [-0.2, 0) is 27.2 Å². The number of benzene rings is 3. The van der Waals surface area contributed by atoms with Gasteiger partial charge in [0, 0.05) is 12.5 Å². The van der Waals surface area contributed by atoms with Gasteiger partial charge in [-0.25, -0.2) is 0 Å². The summed E-state index contributed by atoms with van der Waals surface area (Å²) in [6, 6.07) is 24.6. The first-order valence-corrected chi connectivity index (χ1v) is 14.6. The number of aromatic hydroxyl groups is 1. The highest BCUT2D eigenvalue weighted by molar-refractivity contribution is 5.97. The van der Waals surface area contributed by atoms with Gasteiger partial charge in [-0.1, -0.05) is 80.6 Å². The number of phenols is 1. The monoisotopic (exact) mass is 555 g/mol. The Hall–Kier alpha value is -3.97. The first-order chi connectivity index (χ1) is 19.8. The molecule has 0 spiro atoms. The van der Waals surface area contributed by atoms with Gasteiger partial charge in [0.15, 0.2) is 0 Å². The zero-order valence-corrected chi connectivity index (χ0v) is 24.1. The molecule has 1 heterocycles. The summed E-state index contributed by atoms with van der Waals surface area (Å²) in [6.45, 7) is 6.68. The van der Waals surface area contributed by atoms with E-state index in [0.29, 0.717) is 18.2 Å². The van der Waals surface area contributed by atoms with Crippen LogP contribution < -0.4 is 5.32 Å². The highest BCUT2D eigenvalue weighted by atomic mass is 16.3. The Balaban J connectivity index is 1.31. The highest BCUT2D eigenvalue weighted by Gasteiger charge is 2.24. The minimum atomic E-state index is -0.167. The summed E-state index contributed by atoms with van der Waals surface area (Å²) in [4.78, 5) is 42.4. The Labute approximate surface area is 243 Å². The standard InChI is InChI=1S/C34H41N3O4/c1-25(2)34(41)35-30-24-29(14-15-31(30)38)28-16-20-36(21-17-28)18-9-19-37(32(39)22-26-10-5-3-6-11-26)33(40)23-27-12-7-4-8-13-27/h3-8,10-15,24-25,28,38H,9,16-23H2,1-2H3,(H,35,41). The number of anilines is 1. The van der Waals surface area contributed by atoms with E-state index in [2.05, 4.69) is 10.2 Å². The van der Waals surface area contributed by atoms with Crippen LogP contribution in [0.4, 0.5) is 5.69 Å². The van der Waals surface area contributed by atoms with Crippen molar-refractivity contribution in [3.8, 4) is 5.75 Å². The molecule has 1 aliphatic rings. The molecule has 41 heavy (non-hydrogen) atoms. The van der Waals surface area contributed by atoms with Crippen molar-refractivity contribution in [3.05, 3.63) is 95.6 Å². The number of carbonyl (C=O) groups excluding carboxylic acids is 3. The predicted molar refractivity (Wildman–Crippen MR) is 162 cm³/mol. The summed E-state index contributed by atoms with van der Waals surface area (Å²) >= 11 is 0. The summed E-state index contributed by atoms with van der Waals surface area (Å²) in [5, 5.41) is 13.0. The molecule has 2 N–H and O–H groups in total. The number of rotatable bonds is 11. The minimum Gasteiger partial charge on any atom is -0.506 e. The SMILES string of the molecule is CC(C)C(=O)Nc1cc(C2CCN(CCCN(C(=O)Cc3ccccc3)C(=O)Cc3ccccc3)CC2)ccc1O. The van der Waals surface area contributed by atoms with E-state index in [1.54, 1.807) is 6.07 Å². The Morgan fingerprint density at radius 2 is 1.44 bits per heavy atom. The van der Waals surface area contributed by atoms with Crippen molar-refractivity contribution < 1.29 is 19.5 Å². The van der Waals surface area contributed by atoms with Crippen molar-refractivity contribution in [1.82, 2.24) is 9.80 Å². The Kier molecular flexibility index (Phi) is 10.7. The molecule has 0 unspecified atom stereocenters. The third-order valence-corrected chi connectivity index (χ3v) is 7.72. The van der Waals surface area contributed by atoms with Gasteiger partial charge in [-0.2, -0.15) is 0 Å². The fourth-order valence-corrected chi connectivity index (χ4v) is 5.25. The lowest BCUT2D eigenvalue weighted by atomic mass is 9.89. The highest BCUT2D eigenvalue weighted by Crippen LogP contribution is 2.33. The molecule has 3 aromatic carbocycles. The zero-order valence-electron chi connectivity index (χ0n) is 24.1. The molecular formula is C34H41N3O4. The van der Waals surface area contributed by atoms with Gasteiger partial charge in [0.25, 0.3) is 0 Å². The fourth-order valence-electron chi connectivity index (χ4n) is 5.25. The summed E-state index contributed by atoms with van der Waals surface area (Å²) in [5.74, 6) is -0.191. The van der Waals surface area contributed by atoms with Crippen molar-refractivity contribution in [2.75, 3.05) is 31.5 Å². The second-order valence-electron chi connectivity index (χ2n) is 11.2. The van der Waals surface area contributed by atoms with Crippen molar-refractivity contribution in [3.63, 3.8) is 0 Å². The van der Waals surface area contributed by atoms with Crippen LogP contribution in [0.3, 0.4) is 0 Å². The van der Waals surface area contributed by atoms with Crippen LogP contribution >= 0.6 is 0 Å². The molecule has 1 fully saturated rings. The third-order valence-electron chi connectivity index (χ3n) is 7.72. The summed E-state index contributed by atoms with van der Waals surface area (Å²) in [7, 11) is 0. The molecule has 3 amide bonds. The van der Waals surface area contributed by atoms with Gasteiger partial charge in [-0.05, 0) is 73.6 Å². The average Bonchev–Trinajstić information content (AvgIpc) is 2.97. The summed E-state index contributed by atoms with van der Waals surface area (Å²) < 4.78 is 0. The Bertz CT molecular complexity index is 1250. The van der Waals surface area contributed by atoms with Gasteiger partial charge in [0.05, 0.1) is 18.5 Å². The molecule has 0 atom stereocenters. The topological polar surface area (TPSA) is 90.0 Å². The van der Waals surface area contributed by atoms with Crippen molar-refractivity contribution in [2.45, 2.75) is 51.9 Å². The van der Waals surface area contributed by atoms with E-state index < -0.39 is 0 Å². The molecule has 1 aliphatic heterocycles. The van der Waals surface area contributed by atoms with Gasteiger partial charge >= 0.3 is 0 Å². The van der Waals surface area contributed by atoms with Gasteiger partial charge in [0.1, 0.15) is 5.75 Å². The van der Waals surface area contributed by atoms with Crippen LogP contribution in [0, 0.1) is 5.92 Å². The number of nitrogens with zero attached hydrogens (tertiary/aromatic N) is 2. The van der Waals surface area contributed by atoms with E-state index in [1.165, 1.54) is 4.90 Å². The van der Waals surface area contributed by atoms with E-state index in [0.717, 1.165) is 55.6 Å². The number of likely N-dealkylation sites (tertiary alicyclic amines) is 1. The largest absolute Gasteiger partial charge is 0.506 e. The number of phenolic OH excluding ortho intramolecular Hbond substituents is 1. The van der Waals surface area contributed by atoms with Crippen molar-refractivity contribution in [1.29, 1.82) is 0 Å². The number of carbonyl (C=O) groups is 3. The molecule has 7 nitrogen and oxygen atoms in total. The number of hydrogen-bond donors (Lipinski definition) is 2. The lowest BCUT2D eigenvalue weighted by Gasteiger charge is -2.33. The maximum absolute atomic E-state index is 13.2. The smallest absolute Gasteiger partial charge is 0.233 e. The average molecular weight is 556 g/mol. The van der Waals surface area contributed by atoms with Crippen LogP contribution in [-0.4, -0.2) is 58.8 Å². The van der Waals surface area contributed by atoms with Crippen LogP contribution in [0.1, 0.15) is 55.7 Å². The summed E-state index contributed by atoms with van der Waals surface area (Å²) in [6.07, 6.45) is 3.06. The molecule has 0 radical (unpaired) electrons. The fraction of sp³-hybridized carbons (Fsp3) is 0.382. The Morgan fingerprint density at radius 3 is 1.98 bits per heavy atom. The van der Waals surface area contributed by atoms with E-state index in [-0.39, 0.29) is 42.2 Å². The van der Waals surface area contributed by atoms with Crippen LogP contribution in [0.15, 0.2) is 78.9 Å². The molecule has 1 saturated heterocycles. The van der Waals surface area contributed by atoms with Crippen LogP contribution in [0.25, 0.3) is 0 Å². The number of piperidine rings is 1. The molecule has 216 valence electrons. The lowest BCUT2D eigenvalue weighted by Crippen LogP contribution is -2.41. The van der Waals surface area contributed by atoms with Gasteiger partial charge < -0.3 is 15.3 Å². The van der Waals surface area contributed by atoms with E-state index in [1.807, 2.05) is 86.6 Å². The maximum Gasteiger partial charge on any atom is 0.233 e. The molecular weight excluding hydrogens is 514 g/mol. The lowest BCUT2D eigenvalue weighted by molar-refractivity contribution is -0.144. The van der Waals surface area contributed by atoms with E-state index >= 15 is 0 Å². The molecule has 7 heteroatoms. The van der Waals surface area contributed by atoms with Gasteiger partial charge in [0.2, 0.25) is 17.7 Å². The number of imide groups is 1. The second kappa shape index (κ2) is 14.6. The minimum absolute atomic E-state index is 0.0772. The van der Waals surface area contributed by atoms with Crippen molar-refractivity contribution in [2.24, 2.45) is 5.92 Å². The Morgan fingerprint density at radius 1 is 0.878 bits per heavy atom. The summed E-state index contributed by atoms with van der Waals surface area (Å²) in [5.41, 5.74) is 3.38. The van der Waals surface area contributed by atoms with Crippen LogP contribution in [0.2, 0.25) is 0 Å². The molecule has 3 aromatic rings. The molecule has 0 aromatic heterocycles. The number of hydrogen-bond acceptors (Lipinski definition) is 5. The molecule has 0 saturated carbocycles. The van der Waals surface area contributed by atoms with E-state index in [4.69, 9.17) is 0 Å². The normalized spacial score (nSPS) is 14.1. The molecule has 0 bridgehead atoms. The number of nitrogens with one attached hydrogen (secondary N) is 1.